The number of thioether (sulfide) groups is 1. The molecule has 1 aromatic rings. The van der Waals surface area contributed by atoms with E-state index >= 15 is 0 Å². The van der Waals surface area contributed by atoms with Gasteiger partial charge in [0.25, 0.3) is 0 Å². The molecule has 0 saturated heterocycles. The van der Waals surface area contributed by atoms with Crippen LogP contribution in [0.25, 0.3) is 0 Å². The fraction of sp³-hybridized carbons (Fsp3) is 0.111. The van der Waals surface area contributed by atoms with E-state index in [1.807, 2.05) is 18.5 Å². The first-order valence-corrected chi connectivity index (χ1v) is 6.29. The van der Waals surface area contributed by atoms with E-state index in [1.165, 1.54) is 11.8 Å². The van der Waals surface area contributed by atoms with Crippen LogP contribution in [0.1, 0.15) is 0 Å². The predicted octanol–water partition coefficient (Wildman–Crippen LogP) is 3.52. The average Bonchev–Trinajstić information content (AvgIpc) is 2.15. The first kappa shape index (κ1) is 12.4. The molecule has 15 heavy (non-hydrogen) atoms. The van der Waals surface area contributed by atoms with Gasteiger partial charge in [0.2, 0.25) is 0 Å². The summed E-state index contributed by atoms with van der Waals surface area (Å²) in [6.45, 7) is 0. The third-order valence-electron chi connectivity index (χ3n) is 1.43. The van der Waals surface area contributed by atoms with Gasteiger partial charge in [-0.15, -0.1) is 0 Å². The Morgan fingerprint density at radius 1 is 1.60 bits per heavy atom. The lowest BCUT2D eigenvalue weighted by atomic mass is 10.3. The van der Waals surface area contributed by atoms with Gasteiger partial charge in [0.05, 0.1) is 5.69 Å². The topological polar surface area (TPSA) is 48.2 Å². The van der Waals surface area contributed by atoms with Gasteiger partial charge >= 0.3 is 0 Å². The molecule has 0 unspecified atom stereocenters. The van der Waals surface area contributed by atoms with Crippen LogP contribution in [0.15, 0.2) is 27.7 Å². The number of amidine groups is 1. The number of nitrogens with one attached hydrogen (secondary N) is 1. The van der Waals surface area contributed by atoms with Crippen molar-refractivity contribution in [2.75, 3.05) is 6.26 Å². The molecular formula is C9H7BrClN3S. The van der Waals surface area contributed by atoms with Crippen molar-refractivity contribution in [2.45, 2.75) is 0 Å². The van der Waals surface area contributed by atoms with E-state index in [0.29, 0.717) is 15.9 Å². The Morgan fingerprint density at radius 2 is 2.33 bits per heavy atom. The summed E-state index contributed by atoms with van der Waals surface area (Å²) in [4.78, 5) is 4.22. The first-order valence-electron chi connectivity index (χ1n) is 3.89. The Kier molecular flexibility index (Phi) is 4.95. The third-order valence-corrected chi connectivity index (χ3v) is 2.69. The molecule has 6 heteroatoms. The number of halogens is 2. The van der Waals surface area contributed by atoms with Crippen LogP contribution in [0.2, 0.25) is 5.02 Å². The van der Waals surface area contributed by atoms with E-state index in [2.05, 4.69) is 26.2 Å². The van der Waals surface area contributed by atoms with Crippen LogP contribution in [0.3, 0.4) is 0 Å². The summed E-state index contributed by atoms with van der Waals surface area (Å²) in [6, 6.07) is 5.32. The lowest BCUT2D eigenvalue weighted by Crippen LogP contribution is -2.12. The lowest BCUT2D eigenvalue weighted by Gasteiger charge is -2.01. The van der Waals surface area contributed by atoms with Crippen molar-refractivity contribution in [2.24, 2.45) is 4.99 Å². The van der Waals surface area contributed by atoms with Crippen molar-refractivity contribution in [1.82, 2.24) is 5.32 Å². The molecular weight excluding hydrogens is 298 g/mol. The predicted molar refractivity (Wildman–Crippen MR) is 68.5 cm³/mol. The van der Waals surface area contributed by atoms with Crippen LogP contribution in [0, 0.1) is 11.5 Å². The minimum Gasteiger partial charge on any atom is -0.271 e. The molecule has 0 fully saturated rings. The van der Waals surface area contributed by atoms with Crippen LogP contribution in [0.5, 0.6) is 0 Å². The Bertz CT molecular complexity index is 408. The molecule has 0 spiro atoms. The van der Waals surface area contributed by atoms with Gasteiger partial charge in [-0.3, -0.25) is 5.32 Å². The van der Waals surface area contributed by atoms with Crippen LogP contribution in [-0.2, 0) is 0 Å². The monoisotopic (exact) mass is 303 g/mol. The number of rotatable bonds is 1. The number of benzene rings is 1. The fourth-order valence-corrected chi connectivity index (χ4v) is 2.08. The minimum absolute atomic E-state index is 0.534. The van der Waals surface area contributed by atoms with Gasteiger partial charge in [-0.25, -0.2) is 4.99 Å². The highest BCUT2D eigenvalue weighted by atomic mass is 79.9. The second kappa shape index (κ2) is 6.01. The van der Waals surface area contributed by atoms with E-state index in [4.69, 9.17) is 16.9 Å². The number of aliphatic imine (C=N–C) groups is 1. The van der Waals surface area contributed by atoms with E-state index in [-0.39, 0.29) is 0 Å². The SMILES string of the molecule is CSC(=Nc1cc(Cl)cc(Br)c1)NC#N. The molecule has 0 bridgehead atoms. The van der Waals surface area contributed by atoms with Crippen molar-refractivity contribution in [3.8, 4) is 6.19 Å². The highest BCUT2D eigenvalue weighted by molar-refractivity contribution is 9.10. The Balaban J connectivity index is 3.01. The molecule has 0 aliphatic rings. The van der Waals surface area contributed by atoms with Gasteiger partial charge in [0.15, 0.2) is 11.4 Å². The molecule has 78 valence electrons. The quantitative estimate of drug-likeness (QED) is 0.374. The van der Waals surface area contributed by atoms with Crippen LogP contribution < -0.4 is 5.32 Å². The van der Waals surface area contributed by atoms with Crippen LogP contribution in [-0.4, -0.2) is 11.4 Å². The van der Waals surface area contributed by atoms with E-state index in [1.54, 1.807) is 12.1 Å². The molecule has 3 nitrogen and oxygen atoms in total. The van der Waals surface area contributed by atoms with Crippen molar-refractivity contribution < 1.29 is 0 Å². The fourth-order valence-electron chi connectivity index (χ4n) is 0.894. The zero-order valence-corrected chi connectivity index (χ0v) is 10.9. The molecule has 0 aliphatic heterocycles. The lowest BCUT2D eigenvalue weighted by molar-refractivity contribution is 1.28. The summed E-state index contributed by atoms with van der Waals surface area (Å²) >= 11 is 10.5. The number of nitrogens with zero attached hydrogens (tertiary/aromatic N) is 2. The normalized spacial score (nSPS) is 10.9. The Hall–Kier alpha value is -0.700. The summed E-state index contributed by atoms with van der Waals surface area (Å²) in [7, 11) is 0. The molecule has 0 aliphatic carbocycles. The summed E-state index contributed by atoms with van der Waals surface area (Å²) in [5.74, 6) is 0. The zero-order chi connectivity index (χ0) is 11.3. The minimum atomic E-state index is 0.534. The summed E-state index contributed by atoms with van der Waals surface area (Å²) in [5, 5.41) is 12.1. The van der Waals surface area contributed by atoms with Gasteiger partial charge in [-0.1, -0.05) is 39.3 Å². The first-order chi connectivity index (χ1) is 7.15. The summed E-state index contributed by atoms with van der Waals surface area (Å²) in [6.07, 6.45) is 3.66. The molecule has 1 N–H and O–H groups in total. The van der Waals surface area contributed by atoms with Crippen LogP contribution >= 0.6 is 39.3 Å². The summed E-state index contributed by atoms with van der Waals surface area (Å²) in [5.41, 5.74) is 0.696. The van der Waals surface area contributed by atoms with Crippen molar-refractivity contribution in [1.29, 1.82) is 5.26 Å². The largest absolute Gasteiger partial charge is 0.271 e. The maximum absolute atomic E-state index is 8.46. The van der Waals surface area contributed by atoms with E-state index in [0.717, 1.165) is 4.47 Å². The second-order valence-electron chi connectivity index (χ2n) is 2.49. The number of hydrogen-bond acceptors (Lipinski definition) is 3. The molecule has 0 amide bonds. The highest BCUT2D eigenvalue weighted by Crippen LogP contribution is 2.25. The number of hydrogen-bond donors (Lipinski definition) is 1. The molecule has 1 rings (SSSR count). The van der Waals surface area contributed by atoms with E-state index < -0.39 is 0 Å². The zero-order valence-electron chi connectivity index (χ0n) is 7.79. The molecule has 0 atom stereocenters. The van der Waals surface area contributed by atoms with Gasteiger partial charge in [-0.2, -0.15) is 5.26 Å². The highest BCUT2D eigenvalue weighted by Gasteiger charge is 1.99. The van der Waals surface area contributed by atoms with Gasteiger partial charge < -0.3 is 0 Å². The van der Waals surface area contributed by atoms with Crippen molar-refractivity contribution >= 4 is 50.1 Å². The number of nitriles is 1. The summed E-state index contributed by atoms with van der Waals surface area (Å²) < 4.78 is 0.853. The van der Waals surface area contributed by atoms with Gasteiger partial charge in [-0.05, 0) is 24.5 Å². The molecule has 0 heterocycles. The second-order valence-corrected chi connectivity index (χ2v) is 4.63. The standard InChI is InChI=1S/C9H7BrClN3S/c1-15-9(13-5-12)14-8-3-6(10)2-7(11)4-8/h2-4H,1H3,(H,13,14). The molecule has 0 radical (unpaired) electrons. The molecule has 0 aromatic heterocycles. The molecule has 1 aromatic carbocycles. The van der Waals surface area contributed by atoms with E-state index in [9.17, 15) is 0 Å². The smallest absolute Gasteiger partial charge is 0.183 e. The Morgan fingerprint density at radius 3 is 2.87 bits per heavy atom. The van der Waals surface area contributed by atoms with Gasteiger partial charge in [0, 0.05) is 9.50 Å². The Labute approximate surface area is 106 Å². The van der Waals surface area contributed by atoms with Crippen molar-refractivity contribution in [3.63, 3.8) is 0 Å². The third kappa shape index (κ3) is 4.12. The molecule has 0 saturated carbocycles. The van der Waals surface area contributed by atoms with Gasteiger partial charge in [0.1, 0.15) is 0 Å². The van der Waals surface area contributed by atoms with Crippen LogP contribution in [0.4, 0.5) is 5.69 Å². The maximum atomic E-state index is 8.46. The maximum Gasteiger partial charge on any atom is 0.183 e. The van der Waals surface area contributed by atoms with Crippen molar-refractivity contribution in [3.05, 3.63) is 27.7 Å². The average molecular weight is 305 g/mol.